The van der Waals surface area contributed by atoms with E-state index in [2.05, 4.69) is 37.5 Å². The van der Waals surface area contributed by atoms with Crippen LogP contribution in [-0.2, 0) is 6.42 Å². The Labute approximate surface area is 204 Å². The van der Waals surface area contributed by atoms with Gasteiger partial charge in [0.25, 0.3) is 0 Å². The minimum Gasteiger partial charge on any atom is -0.423 e. The molecule has 0 saturated carbocycles. The van der Waals surface area contributed by atoms with Gasteiger partial charge in [-0.05, 0) is 85.5 Å². The molecule has 0 bridgehead atoms. The lowest BCUT2D eigenvalue weighted by Crippen LogP contribution is -2.08. The van der Waals surface area contributed by atoms with Crippen LogP contribution in [0.2, 0.25) is 0 Å². The molecule has 0 unspecified atom stereocenters. The molecule has 2 heteroatoms. The van der Waals surface area contributed by atoms with E-state index in [4.69, 9.17) is 4.74 Å². The molecule has 3 aromatic rings. The quantitative estimate of drug-likeness (QED) is 0.154. The van der Waals surface area contributed by atoms with E-state index < -0.39 is 0 Å². The van der Waals surface area contributed by atoms with Crippen molar-refractivity contribution >= 4 is 5.97 Å². The lowest BCUT2D eigenvalue weighted by atomic mass is 10.0. The molecule has 0 aliphatic carbocycles. The topological polar surface area (TPSA) is 26.3 Å². The fraction of sp³-hybridized carbons (Fsp3) is 0.281. The summed E-state index contributed by atoms with van der Waals surface area (Å²) in [4.78, 5) is 12.5. The molecule has 2 nitrogen and oxygen atoms in total. The zero-order chi connectivity index (χ0) is 24.0. The predicted molar refractivity (Wildman–Crippen MR) is 140 cm³/mol. The van der Waals surface area contributed by atoms with Crippen LogP contribution in [0.25, 0.3) is 0 Å². The second kappa shape index (κ2) is 13.7. The van der Waals surface area contributed by atoms with Crippen molar-refractivity contribution in [2.45, 2.75) is 58.8 Å². The molecule has 3 rings (SSSR count). The SMILES string of the molecule is CCCC#Cc1ccc(C#Cc2ccc(OC(=O)c3ccc(CCCCCC)cc3)cc2)cc1. The number of carbonyl (C=O) groups is 1. The first-order chi connectivity index (χ1) is 16.7. The molecule has 0 aromatic heterocycles. The second-order valence-electron chi connectivity index (χ2n) is 8.30. The zero-order valence-electron chi connectivity index (χ0n) is 20.2. The highest BCUT2D eigenvalue weighted by molar-refractivity contribution is 5.91. The maximum atomic E-state index is 12.5. The third-order valence-corrected chi connectivity index (χ3v) is 5.42. The first kappa shape index (κ1) is 24.9. The minimum absolute atomic E-state index is 0.349. The van der Waals surface area contributed by atoms with Crippen LogP contribution < -0.4 is 4.74 Å². The highest BCUT2D eigenvalue weighted by atomic mass is 16.5. The van der Waals surface area contributed by atoms with Gasteiger partial charge in [0.2, 0.25) is 0 Å². The summed E-state index contributed by atoms with van der Waals surface area (Å²) in [6, 6.07) is 23.0. The van der Waals surface area contributed by atoms with Gasteiger partial charge in [0.05, 0.1) is 5.56 Å². The zero-order valence-corrected chi connectivity index (χ0v) is 20.2. The van der Waals surface area contributed by atoms with Crippen molar-refractivity contribution in [3.8, 4) is 29.4 Å². The highest BCUT2D eigenvalue weighted by Gasteiger charge is 2.08. The van der Waals surface area contributed by atoms with E-state index in [1.807, 2.05) is 60.7 Å². The number of carbonyl (C=O) groups excluding carboxylic acids is 1. The van der Waals surface area contributed by atoms with Gasteiger partial charge in [-0.1, -0.05) is 68.9 Å². The lowest BCUT2D eigenvalue weighted by Gasteiger charge is -2.06. The molecule has 0 radical (unpaired) electrons. The first-order valence-electron chi connectivity index (χ1n) is 12.2. The molecule has 0 N–H and O–H groups in total. The number of esters is 1. The number of hydrogen-bond donors (Lipinski definition) is 0. The van der Waals surface area contributed by atoms with Gasteiger partial charge in [0, 0.05) is 23.1 Å². The van der Waals surface area contributed by atoms with Gasteiger partial charge >= 0.3 is 5.97 Å². The van der Waals surface area contributed by atoms with Gasteiger partial charge in [-0.3, -0.25) is 0 Å². The third-order valence-electron chi connectivity index (χ3n) is 5.42. The van der Waals surface area contributed by atoms with Gasteiger partial charge in [-0.15, -0.1) is 0 Å². The van der Waals surface area contributed by atoms with Crippen molar-refractivity contribution < 1.29 is 9.53 Å². The fourth-order valence-corrected chi connectivity index (χ4v) is 3.41. The van der Waals surface area contributed by atoms with Crippen LogP contribution in [0.3, 0.4) is 0 Å². The molecule has 0 saturated heterocycles. The van der Waals surface area contributed by atoms with E-state index in [1.165, 1.54) is 31.2 Å². The predicted octanol–water partition coefficient (Wildman–Crippen LogP) is 7.58. The summed E-state index contributed by atoms with van der Waals surface area (Å²) in [6.45, 7) is 4.34. The molecule has 0 spiro atoms. The van der Waals surface area contributed by atoms with Crippen LogP contribution in [0.5, 0.6) is 5.75 Å². The van der Waals surface area contributed by atoms with Gasteiger partial charge < -0.3 is 4.74 Å². The standard InChI is InChI=1S/C32H32O2/c1-3-5-7-9-11-27-18-22-30(23-19-27)32(33)34-31-24-20-29(21-25-31)17-16-28-14-12-26(13-15-28)10-8-6-4-2/h12-15,18-25H,3-7,9,11H2,1-2H3. The average molecular weight is 449 g/mol. The molecule has 0 atom stereocenters. The maximum absolute atomic E-state index is 12.5. The summed E-state index contributed by atoms with van der Waals surface area (Å²) < 4.78 is 5.52. The maximum Gasteiger partial charge on any atom is 0.343 e. The summed E-state index contributed by atoms with van der Waals surface area (Å²) in [6.07, 6.45) is 7.99. The number of ether oxygens (including phenoxy) is 1. The van der Waals surface area contributed by atoms with Crippen molar-refractivity contribution in [2.75, 3.05) is 0 Å². The van der Waals surface area contributed by atoms with E-state index in [-0.39, 0.29) is 5.97 Å². The van der Waals surface area contributed by atoms with Crippen LogP contribution in [-0.4, -0.2) is 5.97 Å². The molecular formula is C32H32O2. The lowest BCUT2D eigenvalue weighted by molar-refractivity contribution is 0.0734. The number of aryl methyl sites for hydroxylation is 1. The van der Waals surface area contributed by atoms with Gasteiger partial charge in [-0.2, -0.15) is 0 Å². The number of hydrogen-bond acceptors (Lipinski definition) is 2. The summed E-state index contributed by atoms with van der Waals surface area (Å²) >= 11 is 0. The van der Waals surface area contributed by atoms with E-state index in [0.29, 0.717) is 11.3 Å². The second-order valence-corrected chi connectivity index (χ2v) is 8.30. The van der Waals surface area contributed by atoms with Crippen LogP contribution in [0, 0.1) is 23.7 Å². The Hall–Kier alpha value is -3.75. The summed E-state index contributed by atoms with van der Waals surface area (Å²) in [5.41, 5.74) is 4.62. The van der Waals surface area contributed by atoms with Crippen LogP contribution in [0.4, 0.5) is 0 Å². The van der Waals surface area contributed by atoms with Gasteiger partial charge in [0.15, 0.2) is 0 Å². The molecule has 0 heterocycles. The molecule has 172 valence electrons. The molecule has 0 aliphatic rings. The van der Waals surface area contributed by atoms with E-state index in [0.717, 1.165) is 36.0 Å². The summed E-state index contributed by atoms with van der Waals surface area (Å²) in [5, 5.41) is 0. The molecule has 3 aromatic carbocycles. The molecule has 0 amide bonds. The van der Waals surface area contributed by atoms with Crippen molar-refractivity contribution in [3.05, 3.63) is 101 Å². The fourth-order valence-electron chi connectivity index (χ4n) is 3.41. The van der Waals surface area contributed by atoms with Crippen molar-refractivity contribution in [1.29, 1.82) is 0 Å². The monoisotopic (exact) mass is 448 g/mol. The highest BCUT2D eigenvalue weighted by Crippen LogP contribution is 2.16. The Morgan fingerprint density at radius 3 is 1.85 bits per heavy atom. The summed E-state index contributed by atoms with van der Waals surface area (Å²) in [5.74, 6) is 12.8. The van der Waals surface area contributed by atoms with Crippen LogP contribution in [0.1, 0.15) is 85.0 Å². The Morgan fingerprint density at radius 2 is 1.26 bits per heavy atom. The van der Waals surface area contributed by atoms with E-state index >= 15 is 0 Å². The normalized spacial score (nSPS) is 9.94. The van der Waals surface area contributed by atoms with Gasteiger partial charge in [-0.25, -0.2) is 4.79 Å². The number of unbranched alkanes of at least 4 members (excludes halogenated alkanes) is 4. The largest absolute Gasteiger partial charge is 0.423 e. The molecule has 0 fully saturated rings. The van der Waals surface area contributed by atoms with Crippen molar-refractivity contribution in [1.82, 2.24) is 0 Å². The molecule has 0 aliphatic heterocycles. The minimum atomic E-state index is -0.349. The molecular weight excluding hydrogens is 416 g/mol. The Morgan fingerprint density at radius 1 is 0.676 bits per heavy atom. The summed E-state index contributed by atoms with van der Waals surface area (Å²) in [7, 11) is 0. The average Bonchev–Trinajstić information content (AvgIpc) is 2.87. The van der Waals surface area contributed by atoms with Crippen LogP contribution in [0.15, 0.2) is 72.8 Å². The van der Waals surface area contributed by atoms with E-state index in [9.17, 15) is 4.79 Å². The van der Waals surface area contributed by atoms with Gasteiger partial charge in [0.1, 0.15) is 5.75 Å². The molecule has 34 heavy (non-hydrogen) atoms. The Bertz CT molecular complexity index is 1160. The smallest absolute Gasteiger partial charge is 0.343 e. The Balaban J connectivity index is 1.53. The van der Waals surface area contributed by atoms with Crippen molar-refractivity contribution in [3.63, 3.8) is 0 Å². The Kier molecular flexibility index (Phi) is 10.0. The first-order valence-corrected chi connectivity index (χ1v) is 12.2. The third kappa shape index (κ3) is 8.31. The van der Waals surface area contributed by atoms with E-state index in [1.54, 1.807) is 12.1 Å². The van der Waals surface area contributed by atoms with Crippen molar-refractivity contribution in [2.24, 2.45) is 0 Å². The number of benzene rings is 3. The number of rotatable bonds is 8. The van der Waals surface area contributed by atoms with Crippen LogP contribution >= 0.6 is 0 Å².